The normalized spacial score (nSPS) is 11.5. The first-order valence-electron chi connectivity index (χ1n) is 8.86. The molecule has 0 N–H and O–H groups in total. The molecule has 0 spiro atoms. The van der Waals surface area contributed by atoms with Gasteiger partial charge in [0.15, 0.2) is 0 Å². The van der Waals surface area contributed by atoms with Crippen molar-refractivity contribution >= 4 is 32.6 Å². The van der Waals surface area contributed by atoms with E-state index in [1.54, 1.807) is 0 Å². The molecule has 0 aliphatic rings. The highest BCUT2D eigenvalue weighted by molar-refractivity contribution is 6.24. The van der Waals surface area contributed by atoms with Crippen molar-refractivity contribution in [1.82, 2.24) is 9.97 Å². The Morgan fingerprint density at radius 3 is 2.19 bits per heavy atom. The van der Waals surface area contributed by atoms with Gasteiger partial charge in [-0.05, 0) is 47.4 Å². The lowest BCUT2D eigenvalue weighted by atomic mass is 9.92. The second-order valence-electron chi connectivity index (χ2n) is 6.84. The molecule has 124 valence electrons. The van der Waals surface area contributed by atoms with Crippen molar-refractivity contribution in [2.45, 2.75) is 13.8 Å². The highest BCUT2D eigenvalue weighted by Gasteiger charge is 2.14. The largest absolute Gasteiger partial charge is 0.252 e. The van der Waals surface area contributed by atoms with Crippen LogP contribution in [0.1, 0.15) is 11.3 Å². The van der Waals surface area contributed by atoms with E-state index in [0.29, 0.717) is 0 Å². The number of aryl methyl sites for hydroxylation is 2. The Labute approximate surface area is 152 Å². The molecule has 5 aromatic rings. The number of fused-ring (bicyclic) bond motifs is 6. The smallest absolute Gasteiger partial charge is 0.0974 e. The molecule has 1 aromatic heterocycles. The van der Waals surface area contributed by atoms with Gasteiger partial charge in [-0.1, -0.05) is 60.7 Å². The van der Waals surface area contributed by atoms with E-state index in [9.17, 15) is 0 Å². The van der Waals surface area contributed by atoms with Crippen molar-refractivity contribution in [1.29, 1.82) is 0 Å². The predicted octanol–water partition coefficient (Wildman–Crippen LogP) is 6.22. The molecule has 0 unspecified atom stereocenters. The Balaban J connectivity index is 2.01. The van der Waals surface area contributed by atoms with Gasteiger partial charge in [0.25, 0.3) is 0 Å². The summed E-state index contributed by atoms with van der Waals surface area (Å²) < 4.78 is 0. The zero-order valence-corrected chi connectivity index (χ0v) is 14.8. The molecule has 26 heavy (non-hydrogen) atoms. The molecule has 2 nitrogen and oxygen atoms in total. The lowest BCUT2D eigenvalue weighted by molar-refractivity contribution is 1.19. The van der Waals surface area contributed by atoms with Crippen molar-refractivity contribution in [3.8, 4) is 11.1 Å². The van der Waals surface area contributed by atoms with Gasteiger partial charge < -0.3 is 0 Å². The molecule has 5 rings (SSSR count). The minimum Gasteiger partial charge on any atom is -0.252 e. The molecular weight excluding hydrogens is 316 g/mol. The third-order valence-electron chi connectivity index (χ3n) is 5.04. The van der Waals surface area contributed by atoms with E-state index in [1.165, 1.54) is 32.8 Å². The predicted molar refractivity (Wildman–Crippen MR) is 109 cm³/mol. The summed E-state index contributed by atoms with van der Waals surface area (Å²) in [4.78, 5) is 9.57. The second kappa shape index (κ2) is 5.63. The first kappa shape index (κ1) is 15.0. The Hall–Kier alpha value is -3.26. The van der Waals surface area contributed by atoms with Gasteiger partial charge in [0.1, 0.15) is 0 Å². The summed E-state index contributed by atoms with van der Waals surface area (Å²) >= 11 is 0. The molecule has 1 heterocycles. The molecule has 0 fully saturated rings. The van der Waals surface area contributed by atoms with E-state index in [4.69, 9.17) is 9.97 Å². The fraction of sp³-hybridized carbons (Fsp3) is 0.0833. The first-order chi connectivity index (χ1) is 12.7. The van der Waals surface area contributed by atoms with E-state index < -0.39 is 0 Å². The number of aromatic nitrogens is 2. The summed E-state index contributed by atoms with van der Waals surface area (Å²) in [7, 11) is 0. The van der Waals surface area contributed by atoms with Gasteiger partial charge in [0.2, 0.25) is 0 Å². The molecule has 0 saturated carbocycles. The van der Waals surface area contributed by atoms with Crippen molar-refractivity contribution < 1.29 is 0 Å². The zero-order valence-electron chi connectivity index (χ0n) is 14.8. The molecule has 0 atom stereocenters. The average molecular weight is 334 g/mol. The van der Waals surface area contributed by atoms with E-state index >= 15 is 0 Å². The van der Waals surface area contributed by atoms with Crippen LogP contribution in [0.15, 0.2) is 72.9 Å². The third kappa shape index (κ3) is 2.19. The minimum atomic E-state index is 0.945. The van der Waals surface area contributed by atoms with Crippen LogP contribution in [0.3, 0.4) is 0 Å². The fourth-order valence-corrected chi connectivity index (χ4v) is 3.88. The number of nitrogens with zero attached hydrogens (tertiary/aromatic N) is 2. The highest BCUT2D eigenvalue weighted by Crippen LogP contribution is 2.37. The molecule has 4 aromatic carbocycles. The molecule has 0 aliphatic carbocycles. The minimum absolute atomic E-state index is 0.945. The van der Waals surface area contributed by atoms with Crippen LogP contribution in [0, 0.1) is 13.8 Å². The lowest BCUT2D eigenvalue weighted by Crippen LogP contribution is -1.93. The second-order valence-corrected chi connectivity index (χ2v) is 6.84. The Kier molecular flexibility index (Phi) is 3.26. The number of benzene rings is 4. The number of rotatable bonds is 1. The average Bonchev–Trinajstić information content (AvgIpc) is 2.68. The molecule has 0 bridgehead atoms. The molecule has 0 aliphatic heterocycles. The van der Waals surface area contributed by atoms with Crippen LogP contribution >= 0.6 is 0 Å². The monoisotopic (exact) mass is 334 g/mol. The van der Waals surface area contributed by atoms with Crippen molar-refractivity contribution in [3.63, 3.8) is 0 Å². The summed E-state index contributed by atoms with van der Waals surface area (Å²) in [6.45, 7) is 4.17. The zero-order chi connectivity index (χ0) is 17.7. The van der Waals surface area contributed by atoms with Crippen LogP contribution < -0.4 is 0 Å². The topological polar surface area (TPSA) is 25.8 Å². The maximum atomic E-state index is 4.81. The van der Waals surface area contributed by atoms with Crippen LogP contribution in [0.4, 0.5) is 0 Å². The molecule has 0 radical (unpaired) electrons. The van der Waals surface area contributed by atoms with E-state index in [-0.39, 0.29) is 0 Å². The van der Waals surface area contributed by atoms with Crippen LogP contribution in [0.5, 0.6) is 0 Å². The number of hydrogen-bond donors (Lipinski definition) is 0. The summed E-state index contributed by atoms with van der Waals surface area (Å²) in [5, 5.41) is 4.84. The summed E-state index contributed by atoms with van der Waals surface area (Å²) in [6.07, 6.45) is 1.86. The van der Waals surface area contributed by atoms with Crippen molar-refractivity contribution in [2.75, 3.05) is 0 Å². The standard InChI is InChI=1S/C24H18N2/c1-15-12-18(17-8-4-3-5-9-17)13-21-19-10-6-7-11-20(19)23-24(22(15)21)25-14-16(2)26-23/h3-14H,1-2H3. The van der Waals surface area contributed by atoms with Gasteiger partial charge in [-0.25, -0.2) is 4.98 Å². The van der Waals surface area contributed by atoms with Crippen LogP contribution in [0.2, 0.25) is 0 Å². The van der Waals surface area contributed by atoms with Crippen LogP contribution in [-0.4, -0.2) is 9.97 Å². The first-order valence-corrected chi connectivity index (χ1v) is 8.86. The fourth-order valence-electron chi connectivity index (χ4n) is 3.88. The van der Waals surface area contributed by atoms with Gasteiger partial charge in [0, 0.05) is 17.0 Å². The third-order valence-corrected chi connectivity index (χ3v) is 5.04. The quantitative estimate of drug-likeness (QED) is 0.340. The Morgan fingerprint density at radius 2 is 1.38 bits per heavy atom. The van der Waals surface area contributed by atoms with E-state index in [0.717, 1.165) is 22.1 Å². The van der Waals surface area contributed by atoms with Crippen LogP contribution in [0.25, 0.3) is 43.7 Å². The van der Waals surface area contributed by atoms with E-state index in [1.807, 2.05) is 13.1 Å². The number of hydrogen-bond acceptors (Lipinski definition) is 2. The van der Waals surface area contributed by atoms with Gasteiger partial charge in [-0.15, -0.1) is 0 Å². The van der Waals surface area contributed by atoms with Gasteiger partial charge in [-0.3, -0.25) is 4.98 Å². The molecular formula is C24H18N2. The van der Waals surface area contributed by atoms with E-state index in [2.05, 4.69) is 73.7 Å². The van der Waals surface area contributed by atoms with Crippen LogP contribution in [-0.2, 0) is 0 Å². The maximum absolute atomic E-state index is 4.81. The summed E-state index contributed by atoms with van der Waals surface area (Å²) in [5.41, 5.74) is 6.62. The summed E-state index contributed by atoms with van der Waals surface area (Å²) in [6, 6.07) is 23.6. The molecule has 2 heteroatoms. The van der Waals surface area contributed by atoms with Crippen molar-refractivity contribution in [2.24, 2.45) is 0 Å². The van der Waals surface area contributed by atoms with Gasteiger partial charge in [0.05, 0.1) is 16.7 Å². The van der Waals surface area contributed by atoms with Crippen molar-refractivity contribution in [3.05, 3.63) is 84.2 Å². The summed E-state index contributed by atoms with van der Waals surface area (Å²) in [5.74, 6) is 0. The SMILES string of the molecule is Cc1cnc2c(n1)c1ccccc1c1cc(-c3ccccc3)cc(C)c12. The Bertz CT molecular complexity index is 1290. The highest BCUT2D eigenvalue weighted by atomic mass is 14.8. The molecule has 0 amide bonds. The lowest BCUT2D eigenvalue weighted by Gasteiger charge is -2.13. The van der Waals surface area contributed by atoms with Gasteiger partial charge in [-0.2, -0.15) is 0 Å². The molecule has 0 saturated heterocycles. The Morgan fingerprint density at radius 1 is 0.654 bits per heavy atom. The maximum Gasteiger partial charge on any atom is 0.0974 e. The van der Waals surface area contributed by atoms with Gasteiger partial charge >= 0.3 is 0 Å².